The van der Waals surface area contributed by atoms with Crippen molar-refractivity contribution in [3.8, 4) is 11.8 Å². The summed E-state index contributed by atoms with van der Waals surface area (Å²) >= 11 is 0. The molecule has 3 aromatic rings. The third kappa shape index (κ3) is 9.37. The summed E-state index contributed by atoms with van der Waals surface area (Å²) in [6.07, 6.45) is -8.40. The highest BCUT2D eigenvalue weighted by Crippen LogP contribution is 2.37. The maximum absolute atomic E-state index is 13.6. The van der Waals surface area contributed by atoms with Crippen LogP contribution in [0.4, 0.5) is 26.3 Å². The van der Waals surface area contributed by atoms with Crippen molar-refractivity contribution in [3.63, 3.8) is 0 Å². The van der Waals surface area contributed by atoms with Crippen LogP contribution in [0.5, 0.6) is 0 Å². The van der Waals surface area contributed by atoms with Gasteiger partial charge < -0.3 is 9.64 Å². The predicted octanol–water partition coefficient (Wildman–Crippen LogP) is 6.79. The molecule has 0 N–H and O–H groups in total. The van der Waals surface area contributed by atoms with E-state index < -0.39 is 47.0 Å². The van der Waals surface area contributed by atoms with Gasteiger partial charge in [-0.15, -0.1) is 24.8 Å². The van der Waals surface area contributed by atoms with Gasteiger partial charge in [0.05, 0.1) is 30.3 Å². The molecular weight excluding hydrogens is 659 g/mol. The van der Waals surface area contributed by atoms with E-state index in [1.165, 1.54) is 18.2 Å². The molecule has 46 heavy (non-hydrogen) atoms. The van der Waals surface area contributed by atoms with Gasteiger partial charge >= 0.3 is 18.3 Å². The molecule has 1 atom stereocenters. The van der Waals surface area contributed by atoms with Crippen molar-refractivity contribution in [2.45, 2.75) is 38.7 Å². The number of nitrogens with zero attached hydrogens (tertiary/aromatic N) is 3. The first-order valence-electron chi connectivity index (χ1n) is 13.6. The molecule has 0 saturated carbocycles. The van der Waals surface area contributed by atoms with Gasteiger partial charge in [0.1, 0.15) is 0 Å². The maximum atomic E-state index is 13.6. The van der Waals surface area contributed by atoms with Crippen molar-refractivity contribution in [3.05, 3.63) is 99.4 Å². The zero-order chi connectivity index (χ0) is 32.2. The topological polar surface area (TPSA) is 62.7 Å². The lowest BCUT2D eigenvalue weighted by atomic mass is 9.97. The third-order valence-electron chi connectivity index (χ3n) is 7.42. The molecule has 0 unspecified atom stereocenters. The van der Waals surface area contributed by atoms with E-state index in [1.807, 2.05) is 36.9 Å². The molecule has 14 heteroatoms. The van der Waals surface area contributed by atoms with E-state index in [0.29, 0.717) is 24.1 Å². The number of hydrogen-bond donors (Lipinski definition) is 0. The van der Waals surface area contributed by atoms with E-state index in [4.69, 9.17) is 4.74 Å². The number of esters is 1. The normalized spacial score (nSPS) is 15.2. The number of rotatable bonds is 5. The Morgan fingerprint density at radius 3 is 2.17 bits per heavy atom. The second-order valence-corrected chi connectivity index (χ2v) is 10.5. The fourth-order valence-electron chi connectivity index (χ4n) is 4.96. The Morgan fingerprint density at radius 2 is 1.59 bits per heavy atom. The number of alkyl halides is 6. The molecule has 1 fully saturated rings. The Kier molecular flexibility index (Phi) is 13.1. The predicted molar refractivity (Wildman–Crippen MR) is 164 cm³/mol. The van der Waals surface area contributed by atoms with E-state index >= 15 is 0 Å². The zero-order valence-electron chi connectivity index (χ0n) is 25.0. The number of pyridine rings is 1. The van der Waals surface area contributed by atoms with E-state index in [2.05, 4.69) is 16.8 Å². The van der Waals surface area contributed by atoms with Crippen LogP contribution in [0.25, 0.3) is 0 Å². The minimum atomic E-state index is -5.07. The Labute approximate surface area is 274 Å². The maximum Gasteiger partial charge on any atom is 0.416 e. The molecule has 2 aromatic carbocycles. The lowest BCUT2D eigenvalue weighted by Crippen LogP contribution is -2.56. The van der Waals surface area contributed by atoms with Crippen LogP contribution >= 0.6 is 24.8 Å². The summed E-state index contributed by atoms with van der Waals surface area (Å²) in [5, 5.41) is 0. The molecule has 4 rings (SSSR count). The molecule has 0 aliphatic carbocycles. The Balaban J connectivity index is 0.00000368. The molecule has 1 amide bonds. The Hall–Kier alpha value is -3.79. The number of ether oxygens (including phenoxy) is 1. The molecule has 1 saturated heterocycles. The van der Waals surface area contributed by atoms with Gasteiger partial charge in [-0.2, -0.15) is 26.3 Å². The van der Waals surface area contributed by atoms with Gasteiger partial charge in [0.25, 0.3) is 5.91 Å². The van der Waals surface area contributed by atoms with Gasteiger partial charge in [-0.1, -0.05) is 30.0 Å². The molecule has 0 radical (unpaired) electrons. The first-order chi connectivity index (χ1) is 20.7. The SMILES string of the molecule is COC(=O)c1ncccc1C#CCN1CCN(C(=O)c2cc(C(F)(F)F)cc(C(F)(F)F)c2)[C@H](Cc2ccc(C)c(C)c2)C1.Cl.Cl. The molecule has 1 aliphatic rings. The van der Waals surface area contributed by atoms with Crippen molar-refractivity contribution < 1.29 is 40.7 Å². The van der Waals surface area contributed by atoms with Crippen molar-refractivity contribution in [2.75, 3.05) is 33.3 Å². The summed E-state index contributed by atoms with van der Waals surface area (Å²) in [5.74, 6) is 4.34. The highest BCUT2D eigenvalue weighted by molar-refractivity contribution is 5.95. The molecule has 1 aromatic heterocycles. The standard InChI is InChI=1S/C32H29F6N3O3.2ClH/c1-20-8-9-22(14-21(20)2)15-27-19-40(11-5-7-23-6-4-10-39-28(23)30(43)44-3)12-13-41(27)29(42)24-16-25(31(33,34)35)18-26(17-24)32(36,37)38;;/h4,6,8-10,14,16-18,27H,11-13,15,19H2,1-3H3;2*1H/t27-;;/m1../s1. The first kappa shape index (κ1) is 38.4. The van der Waals surface area contributed by atoms with Gasteiger partial charge in [0.15, 0.2) is 5.69 Å². The highest BCUT2D eigenvalue weighted by Gasteiger charge is 2.39. The third-order valence-corrected chi connectivity index (χ3v) is 7.42. The van der Waals surface area contributed by atoms with Gasteiger partial charge in [0.2, 0.25) is 0 Å². The summed E-state index contributed by atoms with van der Waals surface area (Å²) in [5.41, 5.74) is -0.430. The summed E-state index contributed by atoms with van der Waals surface area (Å²) < 4.78 is 85.8. The van der Waals surface area contributed by atoms with Crippen molar-refractivity contribution in [2.24, 2.45) is 0 Å². The van der Waals surface area contributed by atoms with Crippen LogP contribution in [-0.4, -0.2) is 66.0 Å². The van der Waals surface area contributed by atoms with Crippen LogP contribution in [0.3, 0.4) is 0 Å². The Morgan fingerprint density at radius 1 is 0.935 bits per heavy atom. The number of piperazine rings is 1. The Bertz CT molecular complexity index is 1590. The number of aromatic nitrogens is 1. The lowest BCUT2D eigenvalue weighted by molar-refractivity contribution is -0.143. The quantitative estimate of drug-likeness (QED) is 0.168. The molecule has 0 bridgehead atoms. The number of halogens is 8. The van der Waals surface area contributed by atoms with Crippen LogP contribution in [-0.2, 0) is 23.5 Å². The summed E-state index contributed by atoms with van der Waals surface area (Å²) in [6.45, 7) is 4.67. The summed E-state index contributed by atoms with van der Waals surface area (Å²) in [4.78, 5) is 32.9. The lowest BCUT2D eigenvalue weighted by Gasteiger charge is -2.41. The van der Waals surface area contributed by atoms with Crippen molar-refractivity contribution in [1.82, 2.24) is 14.8 Å². The van der Waals surface area contributed by atoms with E-state index in [0.717, 1.165) is 16.7 Å². The van der Waals surface area contributed by atoms with Gasteiger partial charge in [-0.25, -0.2) is 9.78 Å². The average molecular weight is 691 g/mol. The summed E-state index contributed by atoms with van der Waals surface area (Å²) in [7, 11) is 1.23. The number of aryl methyl sites for hydroxylation is 2. The number of benzene rings is 2. The molecule has 0 spiro atoms. The van der Waals surface area contributed by atoms with Gasteiger partial charge in [-0.05, 0) is 67.3 Å². The molecular formula is C32H31Cl2F6N3O3. The van der Waals surface area contributed by atoms with Crippen LogP contribution in [0, 0.1) is 25.7 Å². The minimum absolute atomic E-state index is 0. The second-order valence-electron chi connectivity index (χ2n) is 10.5. The molecule has 6 nitrogen and oxygen atoms in total. The highest BCUT2D eigenvalue weighted by atomic mass is 35.5. The van der Waals surface area contributed by atoms with Crippen LogP contribution in [0.2, 0.25) is 0 Å². The van der Waals surface area contributed by atoms with E-state index in [9.17, 15) is 35.9 Å². The number of carbonyl (C=O) groups is 2. The second kappa shape index (κ2) is 15.7. The van der Waals surface area contributed by atoms with E-state index in [-0.39, 0.29) is 62.8 Å². The minimum Gasteiger partial charge on any atom is -0.464 e. The average Bonchev–Trinajstić information content (AvgIpc) is 2.97. The van der Waals surface area contributed by atoms with Crippen LogP contribution in [0.1, 0.15) is 54.2 Å². The van der Waals surface area contributed by atoms with E-state index in [1.54, 1.807) is 12.1 Å². The molecule has 248 valence electrons. The van der Waals surface area contributed by atoms with Gasteiger partial charge in [-0.3, -0.25) is 9.69 Å². The number of hydrogen-bond acceptors (Lipinski definition) is 5. The number of amides is 1. The van der Waals surface area contributed by atoms with Crippen LogP contribution in [0.15, 0.2) is 54.7 Å². The van der Waals surface area contributed by atoms with Crippen molar-refractivity contribution >= 4 is 36.7 Å². The molecule has 1 aliphatic heterocycles. The summed E-state index contributed by atoms with van der Waals surface area (Å²) in [6, 6.07) is 9.35. The molecule has 2 heterocycles. The zero-order valence-corrected chi connectivity index (χ0v) is 26.6. The van der Waals surface area contributed by atoms with Gasteiger partial charge in [0, 0.05) is 37.4 Å². The largest absolute Gasteiger partial charge is 0.464 e. The smallest absolute Gasteiger partial charge is 0.416 e. The van der Waals surface area contributed by atoms with Crippen LogP contribution < -0.4 is 0 Å². The number of methoxy groups -OCH3 is 1. The van der Waals surface area contributed by atoms with Crippen molar-refractivity contribution in [1.29, 1.82) is 0 Å². The fourth-order valence-corrected chi connectivity index (χ4v) is 4.96. The first-order valence-corrected chi connectivity index (χ1v) is 13.6. The monoisotopic (exact) mass is 689 g/mol. The number of carbonyl (C=O) groups excluding carboxylic acids is 2. The fraction of sp³-hybridized carbons (Fsp3) is 0.344.